The van der Waals surface area contributed by atoms with Crippen LogP contribution in [0.15, 0.2) is 66.9 Å². The monoisotopic (exact) mass is 365 g/mol. The number of benzene rings is 2. The number of carbonyl (C=O) groups excluding carboxylic acids is 1. The predicted molar refractivity (Wildman–Crippen MR) is 102 cm³/mol. The first kappa shape index (κ1) is 16.4. The smallest absolute Gasteiger partial charge is 0.262 e. The Morgan fingerprint density at radius 2 is 1.92 bits per heavy atom. The maximum absolute atomic E-state index is 13.0. The summed E-state index contributed by atoms with van der Waals surface area (Å²) in [5.74, 6) is 0.509. The number of rotatable bonds is 4. The van der Waals surface area contributed by atoms with Gasteiger partial charge >= 0.3 is 0 Å². The van der Waals surface area contributed by atoms with Crippen LogP contribution < -0.4 is 15.0 Å². The van der Waals surface area contributed by atoms with E-state index in [1.165, 1.54) is 0 Å². The topological polar surface area (TPSA) is 54.5 Å². The minimum atomic E-state index is -0.425. The summed E-state index contributed by atoms with van der Waals surface area (Å²) in [6.45, 7) is 0. The summed E-state index contributed by atoms with van der Waals surface area (Å²) in [5, 5.41) is 3.87. The summed E-state index contributed by atoms with van der Waals surface area (Å²) in [6, 6.07) is 18.5. The number of para-hydroxylation sites is 1. The first-order valence-electron chi connectivity index (χ1n) is 8.12. The molecule has 1 aliphatic heterocycles. The maximum atomic E-state index is 13.0. The minimum Gasteiger partial charge on any atom is -0.495 e. The Labute approximate surface area is 156 Å². The fraction of sp³-hybridized carbons (Fsp3) is 0.100. The largest absolute Gasteiger partial charge is 0.495 e. The van der Waals surface area contributed by atoms with Crippen LogP contribution in [0.5, 0.6) is 5.75 Å². The number of hydrogen-bond donors (Lipinski definition) is 1. The normalized spacial score (nSPS) is 15.7. The van der Waals surface area contributed by atoms with E-state index in [0.717, 1.165) is 11.4 Å². The second kappa shape index (κ2) is 6.69. The average molecular weight is 366 g/mol. The van der Waals surface area contributed by atoms with Crippen LogP contribution in [0, 0.1) is 0 Å². The summed E-state index contributed by atoms with van der Waals surface area (Å²) >= 11 is 6.24. The maximum Gasteiger partial charge on any atom is 0.262 e. The van der Waals surface area contributed by atoms with Crippen LogP contribution in [-0.4, -0.2) is 18.0 Å². The Kier molecular flexibility index (Phi) is 4.22. The lowest BCUT2D eigenvalue weighted by atomic mass is 10.2. The lowest BCUT2D eigenvalue weighted by Crippen LogP contribution is -2.32. The van der Waals surface area contributed by atoms with E-state index >= 15 is 0 Å². The van der Waals surface area contributed by atoms with Gasteiger partial charge in [-0.3, -0.25) is 14.7 Å². The highest BCUT2D eigenvalue weighted by atomic mass is 35.5. The molecule has 0 fully saturated rings. The van der Waals surface area contributed by atoms with Gasteiger partial charge in [0.25, 0.3) is 5.91 Å². The third kappa shape index (κ3) is 2.76. The molecule has 0 bridgehead atoms. The van der Waals surface area contributed by atoms with Crippen LogP contribution in [0.2, 0.25) is 5.02 Å². The molecular weight excluding hydrogens is 350 g/mol. The van der Waals surface area contributed by atoms with E-state index in [1.807, 2.05) is 36.4 Å². The lowest BCUT2D eigenvalue weighted by molar-refractivity contribution is 0.0993. The highest BCUT2D eigenvalue weighted by molar-refractivity contribution is 6.32. The van der Waals surface area contributed by atoms with Gasteiger partial charge < -0.3 is 10.1 Å². The van der Waals surface area contributed by atoms with Gasteiger partial charge in [-0.15, -0.1) is 0 Å². The van der Waals surface area contributed by atoms with Crippen molar-refractivity contribution in [2.45, 2.75) is 6.17 Å². The summed E-state index contributed by atoms with van der Waals surface area (Å²) in [6.07, 6.45) is 1.27. The molecule has 1 aliphatic rings. The highest BCUT2D eigenvalue weighted by Gasteiger charge is 2.38. The molecule has 2 aromatic carbocycles. The Hall–Kier alpha value is -3.05. The average Bonchev–Trinajstić information content (AvgIpc) is 2.95. The van der Waals surface area contributed by atoms with Crippen molar-refractivity contribution in [3.63, 3.8) is 0 Å². The third-order valence-corrected chi connectivity index (χ3v) is 4.59. The molecule has 0 aliphatic carbocycles. The molecule has 1 N–H and O–H groups in total. The van der Waals surface area contributed by atoms with E-state index in [9.17, 15) is 4.79 Å². The van der Waals surface area contributed by atoms with Crippen molar-refractivity contribution in [2.24, 2.45) is 0 Å². The van der Waals surface area contributed by atoms with Gasteiger partial charge in [-0.05, 0) is 42.5 Å². The molecule has 6 heteroatoms. The predicted octanol–water partition coefficient (Wildman–Crippen LogP) is 4.51. The number of hydrogen-bond acceptors (Lipinski definition) is 4. The SMILES string of the molecule is COc1ccc(N[C@@H]2c3ncccc3C(=O)N2c2ccccc2)cc1Cl. The number of halogens is 1. The van der Waals surface area contributed by atoms with Crippen LogP contribution in [0.4, 0.5) is 11.4 Å². The molecule has 26 heavy (non-hydrogen) atoms. The van der Waals surface area contributed by atoms with Crippen LogP contribution in [-0.2, 0) is 0 Å². The van der Waals surface area contributed by atoms with Gasteiger partial charge in [0.2, 0.25) is 0 Å². The van der Waals surface area contributed by atoms with E-state index in [-0.39, 0.29) is 5.91 Å². The number of fused-ring (bicyclic) bond motifs is 1. The van der Waals surface area contributed by atoms with Gasteiger partial charge in [-0.1, -0.05) is 29.8 Å². The number of ether oxygens (including phenoxy) is 1. The Bertz CT molecular complexity index is 962. The molecule has 1 aromatic heterocycles. The van der Waals surface area contributed by atoms with Crippen molar-refractivity contribution in [1.29, 1.82) is 0 Å². The van der Waals surface area contributed by atoms with E-state index in [4.69, 9.17) is 16.3 Å². The standard InChI is InChI=1S/C20H16ClN3O2/c1-26-17-10-9-13(12-16(17)21)23-19-18-15(8-5-11-22-18)20(25)24(19)14-6-3-2-4-7-14/h2-12,19,23H,1H3/t19-/m0/s1. The van der Waals surface area contributed by atoms with Crippen LogP contribution in [0.1, 0.15) is 22.2 Å². The fourth-order valence-corrected chi connectivity index (χ4v) is 3.35. The lowest BCUT2D eigenvalue weighted by Gasteiger charge is -2.26. The Balaban J connectivity index is 1.75. The first-order chi connectivity index (χ1) is 12.7. The molecule has 0 spiro atoms. The van der Waals surface area contributed by atoms with Crippen molar-refractivity contribution < 1.29 is 9.53 Å². The number of aromatic nitrogens is 1. The third-order valence-electron chi connectivity index (χ3n) is 4.29. The van der Waals surface area contributed by atoms with Gasteiger partial charge in [0.15, 0.2) is 6.17 Å². The molecule has 3 aromatic rings. The van der Waals surface area contributed by atoms with Gasteiger partial charge in [-0.2, -0.15) is 0 Å². The molecule has 4 rings (SSSR count). The van der Waals surface area contributed by atoms with E-state index in [2.05, 4.69) is 10.3 Å². The molecule has 0 saturated heterocycles. The van der Waals surface area contributed by atoms with E-state index < -0.39 is 6.17 Å². The zero-order valence-electron chi connectivity index (χ0n) is 14.0. The van der Waals surface area contributed by atoms with Crippen molar-refractivity contribution in [1.82, 2.24) is 4.98 Å². The quantitative estimate of drug-likeness (QED) is 0.738. The fourth-order valence-electron chi connectivity index (χ4n) is 3.09. The zero-order valence-corrected chi connectivity index (χ0v) is 14.8. The number of amides is 1. The molecule has 130 valence electrons. The van der Waals surface area contributed by atoms with Crippen molar-refractivity contribution in [3.8, 4) is 5.75 Å². The van der Waals surface area contributed by atoms with Crippen molar-refractivity contribution in [2.75, 3.05) is 17.3 Å². The number of pyridine rings is 1. The van der Waals surface area contributed by atoms with Crippen molar-refractivity contribution >= 4 is 28.9 Å². The van der Waals surface area contributed by atoms with Crippen LogP contribution in [0.25, 0.3) is 0 Å². The minimum absolute atomic E-state index is 0.0867. The van der Waals surface area contributed by atoms with Crippen LogP contribution >= 0.6 is 11.6 Å². The van der Waals surface area contributed by atoms with Crippen molar-refractivity contribution in [3.05, 3.63) is 83.1 Å². The molecule has 2 heterocycles. The molecule has 0 saturated carbocycles. The summed E-state index contributed by atoms with van der Waals surface area (Å²) < 4.78 is 5.20. The number of methoxy groups -OCH3 is 1. The Morgan fingerprint density at radius 3 is 2.65 bits per heavy atom. The second-order valence-electron chi connectivity index (χ2n) is 5.84. The van der Waals surface area contributed by atoms with Gasteiger partial charge in [0, 0.05) is 17.6 Å². The second-order valence-corrected chi connectivity index (χ2v) is 6.25. The van der Waals surface area contributed by atoms with Gasteiger partial charge in [0.05, 0.1) is 23.4 Å². The number of nitrogens with one attached hydrogen (secondary N) is 1. The van der Waals surface area contributed by atoms with Gasteiger partial charge in [-0.25, -0.2) is 0 Å². The molecule has 1 amide bonds. The Morgan fingerprint density at radius 1 is 1.12 bits per heavy atom. The molecule has 5 nitrogen and oxygen atoms in total. The van der Waals surface area contributed by atoms with E-state index in [1.54, 1.807) is 42.5 Å². The molecule has 0 unspecified atom stereocenters. The zero-order chi connectivity index (χ0) is 18.1. The summed E-state index contributed by atoms with van der Waals surface area (Å²) in [5.41, 5.74) is 2.85. The number of nitrogens with zero attached hydrogens (tertiary/aromatic N) is 2. The number of anilines is 2. The van der Waals surface area contributed by atoms with E-state index in [0.29, 0.717) is 22.0 Å². The molecule has 1 atom stereocenters. The first-order valence-corrected chi connectivity index (χ1v) is 8.50. The summed E-state index contributed by atoms with van der Waals surface area (Å²) in [7, 11) is 1.57. The number of carbonyl (C=O) groups is 1. The summed E-state index contributed by atoms with van der Waals surface area (Å²) in [4.78, 5) is 19.1. The molecular formula is C20H16ClN3O2. The molecule has 0 radical (unpaired) electrons. The van der Waals surface area contributed by atoms with Crippen LogP contribution in [0.3, 0.4) is 0 Å². The highest BCUT2D eigenvalue weighted by Crippen LogP contribution is 2.37. The van der Waals surface area contributed by atoms with Gasteiger partial charge in [0.1, 0.15) is 5.75 Å².